The Balaban J connectivity index is 2.72. The van der Waals surface area contributed by atoms with Crippen molar-refractivity contribution in [3.8, 4) is 0 Å². The van der Waals surface area contributed by atoms with Gasteiger partial charge in [0, 0.05) is 17.8 Å². The number of carbonyl (C=O) groups excluding carboxylic acids is 1. The molecule has 0 heterocycles. The van der Waals surface area contributed by atoms with Gasteiger partial charge < -0.3 is 0 Å². The third kappa shape index (κ3) is 4.54. The first-order valence-corrected chi connectivity index (χ1v) is 6.81. The molecular weight excluding hydrogens is 240 g/mol. The van der Waals surface area contributed by atoms with Crippen LogP contribution in [-0.4, -0.2) is 20.7 Å². The maximum absolute atomic E-state index is 11.5. The predicted molar refractivity (Wildman–Crippen MR) is 67.3 cm³/mol. The number of carbonyl (C=O) groups is 1. The van der Waals surface area contributed by atoms with Crippen molar-refractivity contribution < 1.29 is 13.2 Å². The lowest BCUT2D eigenvalue weighted by Gasteiger charge is -2.08. The summed E-state index contributed by atoms with van der Waals surface area (Å²) in [6.07, 6.45) is 0.726. The fourth-order valence-electron chi connectivity index (χ4n) is 1.20. The van der Waals surface area contributed by atoms with Crippen molar-refractivity contribution in [3.63, 3.8) is 0 Å². The summed E-state index contributed by atoms with van der Waals surface area (Å²) in [5.74, 6) is -0.0523. The minimum absolute atomic E-state index is 0.0523. The summed E-state index contributed by atoms with van der Waals surface area (Å²) in [6, 6.07) is 6.28. The number of Topliss-reactive ketones (excluding diaryl/α,β-unsaturated/α-hetero) is 1. The van der Waals surface area contributed by atoms with Crippen LogP contribution in [-0.2, 0) is 10.2 Å². The molecule has 1 rings (SSSR count). The Hall–Kier alpha value is -1.40. The zero-order valence-electron chi connectivity index (χ0n) is 9.86. The van der Waals surface area contributed by atoms with E-state index in [1.807, 2.05) is 6.92 Å². The summed E-state index contributed by atoms with van der Waals surface area (Å²) in [5.41, 5.74) is 0.980. The molecule has 0 atom stereocenters. The van der Waals surface area contributed by atoms with Crippen LogP contribution in [0.4, 0.5) is 5.69 Å². The van der Waals surface area contributed by atoms with Crippen molar-refractivity contribution in [2.75, 3.05) is 11.3 Å². The average Bonchev–Trinajstić information content (AvgIpc) is 2.26. The van der Waals surface area contributed by atoms with Gasteiger partial charge in [-0.3, -0.25) is 9.52 Å². The first-order valence-electron chi connectivity index (χ1n) is 5.33. The molecule has 0 aliphatic heterocycles. The van der Waals surface area contributed by atoms with Crippen molar-refractivity contribution in [3.05, 3.63) is 29.8 Å². The summed E-state index contributed by atoms with van der Waals surface area (Å²) in [7, 11) is -3.51. The molecule has 0 fully saturated rings. The van der Waals surface area contributed by atoms with Crippen LogP contribution >= 0.6 is 0 Å². The van der Waals surface area contributed by atoms with Crippen LogP contribution in [0.25, 0.3) is 0 Å². The molecule has 0 aliphatic rings. The van der Waals surface area contributed by atoms with Crippen molar-refractivity contribution >= 4 is 21.7 Å². The highest BCUT2D eigenvalue weighted by molar-refractivity contribution is 7.90. The molecule has 1 aromatic carbocycles. The highest BCUT2D eigenvalue weighted by Crippen LogP contribution is 2.11. The summed E-state index contributed by atoms with van der Waals surface area (Å²) in [4.78, 5) is 11.0. The van der Waals surface area contributed by atoms with Crippen LogP contribution in [0.3, 0.4) is 0 Å². The Morgan fingerprint density at radius 1 is 1.24 bits per heavy atom. The van der Waals surface area contributed by atoms with Crippen LogP contribution in [0, 0.1) is 0 Å². The predicted octanol–water partition coefficient (Wildman–Crippen LogP) is 1.55. The second kappa shape index (κ2) is 5.79. The second-order valence-corrected chi connectivity index (χ2v) is 5.13. The van der Waals surface area contributed by atoms with Gasteiger partial charge in [-0.25, -0.2) is 0 Å². The minimum Gasteiger partial charge on any atom is -0.295 e. The Labute approximate surface area is 101 Å². The number of benzene rings is 1. The fraction of sp³-hybridized carbons (Fsp3) is 0.364. The lowest BCUT2D eigenvalue weighted by atomic mass is 10.1. The van der Waals surface area contributed by atoms with Gasteiger partial charge in [0.25, 0.3) is 10.2 Å². The van der Waals surface area contributed by atoms with E-state index in [-0.39, 0.29) is 5.78 Å². The number of ketones is 1. The first-order chi connectivity index (χ1) is 7.94. The van der Waals surface area contributed by atoms with Gasteiger partial charge in [0.2, 0.25) is 0 Å². The van der Waals surface area contributed by atoms with E-state index in [0.29, 0.717) is 17.8 Å². The highest BCUT2D eigenvalue weighted by Gasteiger charge is 2.08. The Bertz CT molecular complexity index is 480. The third-order valence-electron chi connectivity index (χ3n) is 2.09. The van der Waals surface area contributed by atoms with E-state index < -0.39 is 10.2 Å². The van der Waals surface area contributed by atoms with Gasteiger partial charge in [-0.05, 0) is 37.6 Å². The maximum Gasteiger partial charge on any atom is 0.299 e. The van der Waals surface area contributed by atoms with Crippen molar-refractivity contribution in [1.82, 2.24) is 4.72 Å². The van der Waals surface area contributed by atoms with E-state index in [4.69, 9.17) is 0 Å². The molecule has 0 spiro atoms. The SMILES string of the molecule is CCCNS(=O)(=O)Nc1ccc(C(C)=O)cc1. The summed E-state index contributed by atoms with van der Waals surface area (Å²) >= 11 is 0. The Morgan fingerprint density at radius 2 is 1.82 bits per heavy atom. The minimum atomic E-state index is -3.51. The van der Waals surface area contributed by atoms with E-state index in [1.54, 1.807) is 24.3 Å². The van der Waals surface area contributed by atoms with Crippen LogP contribution in [0.15, 0.2) is 24.3 Å². The van der Waals surface area contributed by atoms with Gasteiger partial charge >= 0.3 is 0 Å². The molecule has 0 radical (unpaired) electrons. The number of nitrogens with one attached hydrogen (secondary N) is 2. The molecule has 0 saturated heterocycles. The summed E-state index contributed by atoms with van der Waals surface area (Å²) in [5, 5.41) is 0. The Morgan fingerprint density at radius 3 is 2.29 bits per heavy atom. The van der Waals surface area contributed by atoms with E-state index in [9.17, 15) is 13.2 Å². The second-order valence-electron chi connectivity index (χ2n) is 3.63. The van der Waals surface area contributed by atoms with Gasteiger partial charge in [-0.15, -0.1) is 0 Å². The molecule has 0 saturated carbocycles. The molecule has 0 amide bonds. The quantitative estimate of drug-likeness (QED) is 0.758. The van der Waals surface area contributed by atoms with Crippen molar-refractivity contribution in [2.24, 2.45) is 0 Å². The largest absolute Gasteiger partial charge is 0.299 e. The topological polar surface area (TPSA) is 75.3 Å². The smallest absolute Gasteiger partial charge is 0.295 e. The van der Waals surface area contributed by atoms with E-state index in [0.717, 1.165) is 6.42 Å². The molecule has 5 nitrogen and oxygen atoms in total. The van der Waals surface area contributed by atoms with Gasteiger partial charge in [0.1, 0.15) is 0 Å². The average molecular weight is 256 g/mol. The molecular formula is C11H16N2O3S. The van der Waals surface area contributed by atoms with E-state index in [1.165, 1.54) is 6.92 Å². The molecule has 94 valence electrons. The van der Waals surface area contributed by atoms with Crippen LogP contribution in [0.1, 0.15) is 30.6 Å². The molecule has 0 aliphatic carbocycles. The molecule has 2 N–H and O–H groups in total. The molecule has 0 bridgehead atoms. The number of anilines is 1. The number of rotatable bonds is 6. The van der Waals surface area contributed by atoms with Gasteiger partial charge in [-0.1, -0.05) is 6.92 Å². The molecule has 0 unspecified atom stereocenters. The van der Waals surface area contributed by atoms with Crippen LogP contribution in [0.2, 0.25) is 0 Å². The number of hydrogen-bond acceptors (Lipinski definition) is 3. The van der Waals surface area contributed by atoms with E-state index in [2.05, 4.69) is 9.44 Å². The Kier molecular flexibility index (Phi) is 4.65. The lowest BCUT2D eigenvalue weighted by molar-refractivity contribution is 0.101. The zero-order valence-corrected chi connectivity index (χ0v) is 10.7. The first kappa shape index (κ1) is 13.7. The summed E-state index contributed by atoms with van der Waals surface area (Å²) < 4.78 is 27.7. The van der Waals surface area contributed by atoms with Gasteiger partial charge in [-0.2, -0.15) is 13.1 Å². The molecule has 1 aromatic rings. The number of hydrogen-bond donors (Lipinski definition) is 2. The van der Waals surface area contributed by atoms with E-state index >= 15 is 0 Å². The van der Waals surface area contributed by atoms with Crippen LogP contribution < -0.4 is 9.44 Å². The fourth-order valence-corrected chi connectivity index (χ4v) is 2.19. The van der Waals surface area contributed by atoms with Crippen LogP contribution in [0.5, 0.6) is 0 Å². The zero-order chi connectivity index (χ0) is 12.9. The standard InChI is InChI=1S/C11H16N2O3S/c1-3-8-12-17(15,16)13-11-6-4-10(5-7-11)9(2)14/h4-7,12-13H,3,8H2,1-2H3. The monoisotopic (exact) mass is 256 g/mol. The lowest BCUT2D eigenvalue weighted by Crippen LogP contribution is -2.30. The molecule has 6 heteroatoms. The highest BCUT2D eigenvalue weighted by atomic mass is 32.2. The van der Waals surface area contributed by atoms with Gasteiger partial charge in [0.05, 0.1) is 0 Å². The van der Waals surface area contributed by atoms with Crippen molar-refractivity contribution in [2.45, 2.75) is 20.3 Å². The molecule has 0 aromatic heterocycles. The third-order valence-corrected chi connectivity index (χ3v) is 3.17. The van der Waals surface area contributed by atoms with Gasteiger partial charge in [0.15, 0.2) is 5.78 Å². The maximum atomic E-state index is 11.5. The summed E-state index contributed by atoms with van der Waals surface area (Å²) in [6.45, 7) is 3.73. The molecule has 17 heavy (non-hydrogen) atoms. The van der Waals surface area contributed by atoms with Crippen molar-refractivity contribution in [1.29, 1.82) is 0 Å². The normalized spacial score (nSPS) is 11.2.